The van der Waals surface area contributed by atoms with E-state index in [1.807, 2.05) is 13.8 Å². The molecule has 1 aromatic rings. The van der Waals surface area contributed by atoms with Crippen molar-refractivity contribution in [3.63, 3.8) is 0 Å². The quantitative estimate of drug-likeness (QED) is 0.684. The highest BCUT2D eigenvalue weighted by Crippen LogP contribution is 2.22. The predicted molar refractivity (Wildman–Crippen MR) is 78.5 cm³/mol. The molecule has 0 aromatic carbocycles. The maximum absolute atomic E-state index is 12.5. The first kappa shape index (κ1) is 16.1. The highest BCUT2D eigenvalue weighted by Gasteiger charge is 2.30. The third-order valence-corrected chi connectivity index (χ3v) is 4.15. The van der Waals surface area contributed by atoms with Gasteiger partial charge in [0.2, 0.25) is 0 Å². The number of nitrogens with two attached hydrogens (primary N) is 1. The molecule has 21 heavy (non-hydrogen) atoms. The van der Waals surface area contributed by atoms with Crippen molar-refractivity contribution in [1.29, 1.82) is 0 Å². The normalized spacial score (nSPS) is 19.7. The average molecular weight is 295 g/mol. The minimum atomic E-state index is -0.659. The molecule has 4 N–H and O–H groups in total. The van der Waals surface area contributed by atoms with Gasteiger partial charge in [0.1, 0.15) is 6.04 Å². The van der Waals surface area contributed by atoms with Crippen LogP contribution in [0.1, 0.15) is 44.5 Å². The van der Waals surface area contributed by atoms with Gasteiger partial charge in [-0.3, -0.25) is 4.79 Å². The molecule has 7 heteroatoms. The average Bonchev–Trinajstić information content (AvgIpc) is 2.97. The van der Waals surface area contributed by atoms with Crippen LogP contribution in [0.3, 0.4) is 0 Å². The maximum atomic E-state index is 12.5. The fourth-order valence-corrected chi connectivity index (χ4v) is 2.62. The number of carbonyl (C=O) groups excluding carboxylic acids is 1. The lowest BCUT2D eigenvalue weighted by atomic mass is 9.90. The number of nitrogens with zero attached hydrogens (tertiary/aromatic N) is 3. The molecule has 1 aliphatic rings. The van der Waals surface area contributed by atoms with Gasteiger partial charge in [-0.25, -0.2) is 4.68 Å². The Balaban J connectivity index is 2.11. The zero-order valence-electron chi connectivity index (χ0n) is 12.7. The topological polar surface area (TPSA) is 106 Å². The van der Waals surface area contributed by atoms with Gasteiger partial charge in [-0.15, -0.1) is 5.10 Å². The third kappa shape index (κ3) is 3.66. The number of hydrogen-bond acceptors (Lipinski definition) is 6. The van der Waals surface area contributed by atoms with Crippen molar-refractivity contribution >= 4 is 5.78 Å². The molecule has 118 valence electrons. The number of ketones is 1. The maximum Gasteiger partial charge on any atom is 0.162 e. The molecule has 0 bridgehead atoms. The van der Waals surface area contributed by atoms with Gasteiger partial charge in [-0.2, -0.15) is 0 Å². The van der Waals surface area contributed by atoms with E-state index in [0.29, 0.717) is 5.69 Å². The number of hydrogen-bond donors (Lipinski definition) is 3. The molecular weight excluding hydrogens is 270 g/mol. The van der Waals surface area contributed by atoms with E-state index in [2.05, 4.69) is 15.6 Å². The molecule has 0 saturated carbocycles. The molecule has 7 nitrogen and oxygen atoms in total. The van der Waals surface area contributed by atoms with Gasteiger partial charge in [-0.1, -0.05) is 19.1 Å². The molecule has 2 atom stereocenters. The zero-order valence-corrected chi connectivity index (χ0v) is 12.7. The lowest BCUT2D eigenvalue weighted by Crippen LogP contribution is -2.36. The van der Waals surface area contributed by atoms with Crippen molar-refractivity contribution in [3.05, 3.63) is 11.9 Å². The van der Waals surface area contributed by atoms with Crippen LogP contribution in [0.5, 0.6) is 0 Å². The molecule has 2 heterocycles. The van der Waals surface area contributed by atoms with Crippen molar-refractivity contribution in [2.24, 2.45) is 17.6 Å². The second-order valence-electron chi connectivity index (χ2n) is 6.02. The summed E-state index contributed by atoms with van der Waals surface area (Å²) in [5.74, 6) is 0.256. The Morgan fingerprint density at radius 2 is 2.19 bits per heavy atom. The van der Waals surface area contributed by atoms with Crippen molar-refractivity contribution in [1.82, 2.24) is 20.3 Å². The van der Waals surface area contributed by atoms with Crippen LogP contribution in [0.15, 0.2) is 6.20 Å². The summed E-state index contributed by atoms with van der Waals surface area (Å²) in [5.41, 5.74) is 6.69. The Hall–Kier alpha value is -1.31. The van der Waals surface area contributed by atoms with Gasteiger partial charge in [0.05, 0.1) is 24.5 Å². The Morgan fingerprint density at radius 1 is 1.52 bits per heavy atom. The Kier molecular flexibility index (Phi) is 5.44. The van der Waals surface area contributed by atoms with E-state index < -0.39 is 6.04 Å². The van der Waals surface area contributed by atoms with Crippen LogP contribution in [-0.4, -0.2) is 45.6 Å². The number of aliphatic hydroxyl groups is 1. The summed E-state index contributed by atoms with van der Waals surface area (Å²) in [6.45, 7) is 5.44. The number of piperidine rings is 1. The number of aromatic nitrogens is 3. The molecule has 1 aromatic heterocycles. The van der Waals surface area contributed by atoms with E-state index in [1.54, 1.807) is 6.20 Å². The third-order valence-electron chi connectivity index (χ3n) is 4.15. The fraction of sp³-hybridized carbons (Fsp3) is 0.786. The summed E-state index contributed by atoms with van der Waals surface area (Å²) in [6.07, 6.45) is 3.30. The fourth-order valence-electron chi connectivity index (χ4n) is 2.62. The first-order valence-electron chi connectivity index (χ1n) is 7.57. The number of nitrogens with one attached hydrogen (secondary N) is 1. The van der Waals surface area contributed by atoms with Gasteiger partial charge < -0.3 is 16.2 Å². The smallest absolute Gasteiger partial charge is 0.162 e. The Morgan fingerprint density at radius 3 is 2.76 bits per heavy atom. The SMILES string of the molecule is CC(C)[C@H](N)c1cn([C@@H](CO)C(=O)C2CCNCC2)nn1. The van der Waals surface area contributed by atoms with E-state index in [0.717, 1.165) is 25.9 Å². The number of Topliss-reactive ketones (excluding diaryl/α,β-unsaturated/α-hetero) is 1. The zero-order chi connectivity index (χ0) is 15.4. The standard InChI is InChI=1S/C14H25N5O2/c1-9(2)13(15)11-7-19(18-17-11)12(8-20)14(21)10-3-5-16-6-4-10/h7,9-10,12-13,16,20H,3-6,8,15H2,1-2H3/t12-,13-/m0/s1. The first-order valence-corrected chi connectivity index (χ1v) is 7.57. The molecule has 2 rings (SSSR count). The monoisotopic (exact) mass is 295 g/mol. The second-order valence-corrected chi connectivity index (χ2v) is 6.02. The molecule has 0 unspecified atom stereocenters. The van der Waals surface area contributed by atoms with Crippen molar-refractivity contribution < 1.29 is 9.90 Å². The van der Waals surface area contributed by atoms with Crippen LogP contribution in [0.2, 0.25) is 0 Å². The molecule has 1 aliphatic heterocycles. The van der Waals surface area contributed by atoms with Gasteiger partial charge in [0, 0.05) is 5.92 Å². The van der Waals surface area contributed by atoms with Gasteiger partial charge in [0.25, 0.3) is 0 Å². The first-order chi connectivity index (χ1) is 10.0. The van der Waals surface area contributed by atoms with Crippen LogP contribution >= 0.6 is 0 Å². The van der Waals surface area contributed by atoms with E-state index in [4.69, 9.17) is 5.73 Å². The van der Waals surface area contributed by atoms with Crippen LogP contribution in [0.4, 0.5) is 0 Å². The summed E-state index contributed by atoms with van der Waals surface area (Å²) < 4.78 is 1.46. The second kappa shape index (κ2) is 7.11. The van der Waals surface area contributed by atoms with E-state index in [9.17, 15) is 9.90 Å². The van der Waals surface area contributed by atoms with E-state index >= 15 is 0 Å². The highest BCUT2D eigenvalue weighted by molar-refractivity contribution is 5.85. The largest absolute Gasteiger partial charge is 0.394 e. The van der Waals surface area contributed by atoms with Crippen LogP contribution in [0, 0.1) is 11.8 Å². The van der Waals surface area contributed by atoms with Crippen LogP contribution in [-0.2, 0) is 4.79 Å². The summed E-state index contributed by atoms with van der Waals surface area (Å²) in [5, 5.41) is 20.9. The predicted octanol–water partition coefficient (Wildman–Crippen LogP) is 0.0360. The highest BCUT2D eigenvalue weighted by atomic mass is 16.3. The summed E-state index contributed by atoms with van der Waals surface area (Å²) >= 11 is 0. The molecule has 0 radical (unpaired) electrons. The minimum Gasteiger partial charge on any atom is -0.394 e. The molecule has 1 saturated heterocycles. The molecule has 0 aliphatic carbocycles. The number of rotatable bonds is 6. The summed E-state index contributed by atoms with van der Waals surface area (Å²) in [7, 11) is 0. The summed E-state index contributed by atoms with van der Waals surface area (Å²) in [6, 6.07) is -0.874. The molecule has 0 spiro atoms. The lowest BCUT2D eigenvalue weighted by Gasteiger charge is -2.24. The van der Waals surface area contributed by atoms with Gasteiger partial charge >= 0.3 is 0 Å². The van der Waals surface area contributed by atoms with Crippen LogP contribution < -0.4 is 11.1 Å². The Bertz CT molecular complexity index is 468. The molecular formula is C14H25N5O2. The number of carbonyl (C=O) groups is 1. The van der Waals surface area contributed by atoms with Gasteiger partial charge in [-0.05, 0) is 31.8 Å². The van der Waals surface area contributed by atoms with E-state index in [1.165, 1.54) is 4.68 Å². The summed E-state index contributed by atoms with van der Waals surface area (Å²) in [4.78, 5) is 12.5. The minimum absolute atomic E-state index is 0.0187. The lowest BCUT2D eigenvalue weighted by molar-refractivity contribution is -0.128. The van der Waals surface area contributed by atoms with Crippen molar-refractivity contribution in [2.75, 3.05) is 19.7 Å². The molecule has 1 fully saturated rings. The van der Waals surface area contributed by atoms with Crippen LogP contribution in [0.25, 0.3) is 0 Å². The molecule has 0 amide bonds. The van der Waals surface area contributed by atoms with Crippen molar-refractivity contribution in [3.8, 4) is 0 Å². The van der Waals surface area contributed by atoms with Gasteiger partial charge in [0.15, 0.2) is 5.78 Å². The Labute approximate surface area is 124 Å². The number of aliphatic hydroxyl groups excluding tert-OH is 1. The van der Waals surface area contributed by atoms with E-state index in [-0.39, 0.29) is 30.3 Å². The van der Waals surface area contributed by atoms with Crippen molar-refractivity contribution in [2.45, 2.75) is 38.8 Å².